The van der Waals surface area contributed by atoms with E-state index in [4.69, 9.17) is 16.3 Å². The molecular weight excluding hydrogens is 348 g/mol. The van der Waals surface area contributed by atoms with Gasteiger partial charge in [-0.3, -0.25) is 4.79 Å². The predicted molar refractivity (Wildman–Crippen MR) is 103 cm³/mol. The van der Waals surface area contributed by atoms with Crippen molar-refractivity contribution < 1.29 is 9.53 Å². The molecule has 4 nitrogen and oxygen atoms in total. The molecule has 0 aromatic heterocycles. The Morgan fingerprint density at radius 2 is 1.54 bits per heavy atom. The minimum absolute atomic E-state index is 0.0789. The van der Waals surface area contributed by atoms with Gasteiger partial charge < -0.3 is 15.0 Å². The Balaban J connectivity index is 1.45. The lowest BCUT2D eigenvalue weighted by Crippen LogP contribution is -2.17. The maximum Gasteiger partial charge on any atom is 0.254 e. The van der Waals surface area contributed by atoms with Crippen LogP contribution >= 0.6 is 11.6 Å². The van der Waals surface area contributed by atoms with Crippen LogP contribution in [0, 0.1) is 0 Å². The first kappa shape index (κ1) is 16.5. The number of nitrogens with one attached hydrogen (secondary N) is 1. The highest BCUT2D eigenvalue weighted by molar-refractivity contribution is 6.30. The molecule has 4 rings (SSSR count). The molecule has 1 heterocycles. The Labute approximate surface area is 157 Å². The summed E-state index contributed by atoms with van der Waals surface area (Å²) in [5.74, 6) is 1.57. The highest BCUT2D eigenvalue weighted by atomic mass is 35.5. The number of rotatable bonds is 4. The minimum atomic E-state index is 0.0789. The molecule has 1 amide bonds. The molecule has 0 saturated carbocycles. The van der Waals surface area contributed by atoms with Gasteiger partial charge in [0.05, 0.1) is 0 Å². The van der Waals surface area contributed by atoms with Crippen molar-refractivity contribution in [1.82, 2.24) is 4.90 Å². The van der Waals surface area contributed by atoms with Gasteiger partial charge in [-0.2, -0.15) is 0 Å². The van der Waals surface area contributed by atoms with E-state index in [-0.39, 0.29) is 5.91 Å². The van der Waals surface area contributed by atoms with Gasteiger partial charge in [-0.25, -0.2) is 0 Å². The quantitative estimate of drug-likeness (QED) is 0.668. The Hall–Kier alpha value is -2.98. The zero-order valence-corrected chi connectivity index (χ0v) is 15.0. The Morgan fingerprint density at radius 1 is 0.923 bits per heavy atom. The van der Waals surface area contributed by atoms with Crippen LogP contribution in [-0.2, 0) is 6.54 Å². The highest BCUT2D eigenvalue weighted by Crippen LogP contribution is 2.28. The van der Waals surface area contributed by atoms with E-state index in [1.54, 1.807) is 17.0 Å². The first-order valence-corrected chi connectivity index (χ1v) is 8.65. The molecule has 0 saturated heterocycles. The fraction of sp³-hybridized carbons (Fsp3) is 0.0952. The minimum Gasteiger partial charge on any atom is -0.457 e. The van der Waals surface area contributed by atoms with Gasteiger partial charge in [-0.1, -0.05) is 11.6 Å². The first-order chi connectivity index (χ1) is 12.6. The molecule has 26 heavy (non-hydrogen) atoms. The number of amides is 1. The number of fused-ring (bicyclic) bond motifs is 1. The lowest BCUT2D eigenvalue weighted by Gasteiger charge is -2.10. The molecule has 0 atom stereocenters. The monoisotopic (exact) mass is 364 g/mol. The number of carbonyl (C=O) groups excluding carboxylic acids is 1. The average Bonchev–Trinajstić information content (AvgIpc) is 2.92. The van der Waals surface area contributed by atoms with E-state index in [1.807, 2.05) is 61.6 Å². The van der Waals surface area contributed by atoms with Crippen LogP contribution in [0.15, 0.2) is 66.7 Å². The van der Waals surface area contributed by atoms with Crippen LogP contribution < -0.4 is 10.1 Å². The van der Waals surface area contributed by atoms with Crippen LogP contribution in [0.1, 0.15) is 15.9 Å². The summed E-state index contributed by atoms with van der Waals surface area (Å²) in [5.41, 5.74) is 3.74. The number of hydrogen-bond donors (Lipinski definition) is 1. The number of carbonyl (C=O) groups is 1. The van der Waals surface area contributed by atoms with E-state index in [1.165, 1.54) is 0 Å². The van der Waals surface area contributed by atoms with Gasteiger partial charge in [0, 0.05) is 35.6 Å². The van der Waals surface area contributed by atoms with E-state index in [0.717, 1.165) is 34.0 Å². The van der Waals surface area contributed by atoms with Crippen molar-refractivity contribution in [2.75, 3.05) is 12.4 Å². The summed E-state index contributed by atoms with van der Waals surface area (Å²) in [7, 11) is 1.81. The van der Waals surface area contributed by atoms with Crippen LogP contribution in [0.25, 0.3) is 0 Å². The molecule has 0 unspecified atom stereocenters. The SMILES string of the molecule is CN1Cc2cc(Nc3ccc(Oc4ccc(Cl)cc4)cc3)ccc2C1=O. The Morgan fingerprint density at radius 3 is 2.23 bits per heavy atom. The summed E-state index contributed by atoms with van der Waals surface area (Å²) in [5, 5.41) is 4.04. The summed E-state index contributed by atoms with van der Waals surface area (Å²) in [6.45, 7) is 0.650. The zero-order chi connectivity index (χ0) is 18.1. The van der Waals surface area contributed by atoms with Crippen molar-refractivity contribution in [3.63, 3.8) is 0 Å². The fourth-order valence-corrected chi connectivity index (χ4v) is 3.08. The van der Waals surface area contributed by atoms with E-state index >= 15 is 0 Å². The lowest BCUT2D eigenvalue weighted by molar-refractivity contribution is 0.0816. The maximum absolute atomic E-state index is 12.0. The summed E-state index contributed by atoms with van der Waals surface area (Å²) in [6, 6.07) is 20.8. The number of ether oxygens (including phenoxy) is 1. The van der Waals surface area contributed by atoms with Gasteiger partial charge in [0.25, 0.3) is 5.91 Å². The van der Waals surface area contributed by atoms with E-state index in [2.05, 4.69) is 5.32 Å². The lowest BCUT2D eigenvalue weighted by atomic mass is 10.1. The molecule has 0 bridgehead atoms. The number of benzene rings is 3. The zero-order valence-electron chi connectivity index (χ0n) is 14.2. The van der Waals surface area contributed by atoms with Gasteiger partial charge in [0.2, 0.25) is 0 Å². The van der Waals surface area contributed by atoms with E-state index in [0.29, 0.717) is 11.6 Å². The van der Waals surface area contributed by atoms with Gasteiger partial charge in [0.1, 0.15) is 11.5 Å². The molecule has 1 aliphatic heterocycles. The Bertz CT molecular complexity index is 953. The number of halogens is 1. The maximum atomic E-state index is 12.0. The van der Waals surface area contributed by atoms with E-state index < -0.39 is 0 Å². The molecule has 1 N–H and O–H groups in total. The highest BCUT2D eigenvalue weighted by Gasteiger charge is 2.24. The molecule has 0 spiro atoms. The molecule has 3 aromatic carbocycles. The number of nitrogens with zero attached hydrogens (tertiary/aromatic N) is 1. The van der Waals surface area contributed by atoms with Crippen molar-refractivity contribution in [2.24, 2.45) is 0 Å². The van der Waals surface area contributed by atoms with Crippen LogP contribution in [-0.4, -0.2) is 17.9 Å². The summed E-state index contributed by atoms with van der Waals surface area (Å²) >= 11 is 5.88. The third-order valence-electron chi connectivity index (χ3n) is 4.28. The molecule has 0 aliphatic carbocycles. The van der Waals surface area contributed by atoms with Crippen LogP contribution in [0.3, 0.4) is 0 Å². The predicted octanol–water partition coefficient (Wildman–Crippen LogP) is 5.46. The van der Waals surface area contributed by atoms with Gasteiger partial charge in [0.15, 0.2) is 0 Å². The third kappa shape index (κ3) is 3.37. The van der Waals surface area contributed by atoms with Crippen LogP contribution in [0.4, 0.5) is 11.4 Å². The third-order valence-corrected chi connectivity index (χ3v) is 4.53. The van der Waals surface area contributed by atoms with Crippen molar-refractivity contribution >= 4 is 28.9 Å². The molecular formula is C21H17ClN2O2. The van der Waals surface area contributed by atoms with E-state index in [9.17, 15) is 4.79 Å². The summed E-state index contributed by atoms with van der Waals surface area (Å²) < 4.78 is 5.79. The second-order valence-corrected chi connectivity index (χ2v) is 6.67. The molecule has 1 aliphatic rings. The fourth-order valence-electron chi connectivity index (χ4n) is 2.96. The summed E-state index contributed by atoms with van der Waals surface area (Å²) in [4.78, 5) is 13.7. The normalized spacial score (nSPS) is 12.8. The first-order valence-electron chi connectivity index (χ1n) is 8.27. The van der Waals surface area contributed by atoms with Gasteiger partial charge >= 0.3 is 0 Å². The topological polar surface area (TPSA) is 41.6 Å². The molecule has 0 radical (unpaired) electrons. The van der Waals surface area contributed by atoms with Crippen molar-refractivity contribution in [3.05, 3.63) is 82.9 Å². The molecule has 3 aromatic rings. The summed E-state index contributed by atoms with van der Waals surface area (Å²) in [6.07, 6.45) is 0. The largest absolute Gasteiger partial charge is 0.457 e. The van der Waals surface area contributed by atoms with Crippen molar-refractivity contribution in [1.29, 1.82) is 0 Å². The standard InChI is InChI=1S/C21H17ClN2O2/c1-24-13-14-12-17(6-11-20(14)21(24)25)23-16-4-9-19(10-5-16)26-18-7-2-15(22)3-8-18/h2-12,23H,13H2,1H3. The van der Waals surface area contributed by atoms with Crippen LogP contribution in [0.5, 0.6) is 11.5 Å². The molecule has 130 valence electrons. The van der Waals surface area contributed by atoms with Crippen molar-refractivity contribution in [2.45, 2.75) is 6.54 Å². The van der Waals surface area contributed by atoms with Crippen LogP contribution in [0.2, 0.25) is 5.02 Å². The average molecular weight is 365 g/mol. The molecule has 5 heteroatoms. The second-order valence-electron chi connectivity index (χ2n) is 6.24. The smallest absolute Gasteiger partial charge is 0.254 e. The number of hydrogen-bond acceptors (Lipinski definition) is 3. The van der Waals surface area contributed by atoms with Gasteiger partial charge in [-0.05, 0) is 72.3 Å². The van der Waals surface area contributed by atoms with Gasteiger partial charge in [-0.15, -0.1) is 0 Å². The second kappa shape index (κ2) is 6.73. The molecule has 0 fully saturated rings. The Kier molecular flexibility index (Phi) is 4.27. The van der Waals surface area contributed by atoms with Crippen molar-refractivity contribution in [3.8, 4) is 11.5 Å². The number of anilines is 2.